The lowest BCUT2D eigenvalue weighted by Gasteiger charge is -2.20. The molecule has 6 nitrogen and oxygen atoms in total. The molecule has 2 aliphatic rings. The molecule has 1 aromatic rings. The van der Waals surface area contributed by atoms with Gasteiger partial charge in [0.15, 0.2) is 5.16 Å². The monoisotopic (exact) mass is 293 g/mol. The lowest BCUT2D eigenvalue weighted by Crippen LogP contribution is -2.25. The Balaban J connectivity index is 1.80. The van der Waals surface area contributed by atoms with Gasteiger partial charge in [0.1, 0.15) is 0 Å². The Labute approximate surface area is 123 Å². The molecule has 2 fully saturated rings. The first-order valence-electron chi connectivity index (χ1n) is 7.18. The van der Waals surface area contributed by atoms with Crippen LogP contribution < -0.4 is 4.90 Å². The molecule has 0 radical (unpaired) electrons. The van der Waals surface area contributed by atoms with Gasteiger partial charge in [0.2, 0.25) is 5.95 Å². The Morgan fingerprint density at radius 2 is 2.15 bits per heavy atom. The molecule has 1 atom stereocenters. The summed E-state index contributed by atoms with van der Waals surface area (Å²) in [4.78, 5) is 2.29. The molecular formula is C13H19N5OS. The molecule has 0 spiro atoms. The third-order valence-corrected chi connectivity index (χ3v) is 4.60. The average molecular weight is 293 g/mol. The molecule has 2 aliphatic heterocycles. The minimum atomic E-state index is 0.258. The topological polar surface area (TPSA) is 67.0 Å². The van der Waals surface area contributed by atoms with Crippen LogP contribution in [0.3, 0.4) is 0 Å². The van der Waals surface area contributed by atoms with Gasteiger partial charge in [0, 0.05) is 19.7 Å². The zero-order chi connectivity index (χ0) is 13.8. The van der Waals surface area contributed by atoms with Gasteiger partial charge in [0.25, 0.3) is 0 Å². The summed E-state index contributed by atoms with van der Waals surface area (Å²) in [6.45, 7) is 3.75. The van der Waals surface area contributed by atoms with E-state index in [1.807, 2.05) is 0 Å². The van der Waals surface area contributed by atoms with Crippen molar-refractivity contribution < 1.29 is 4.74 Å². The maximum Gasteiger partial charge on any atom is 0.228 e. The Bertz CT molecular complexity index is 485. The van der Waals surface area contributed by atoms with E-state index in [4.69, 9.17) is 10.00 Å². The van der Waals surface area contributed by atoms with E-state index in [0.717, 1.165) is 50.2 Å². The lowest BCUT2D eigenvalue weighted by molar-refractivity contribution is 0.0952. The highest BCUT2D eigenvalue weighted by molar-refractivity contribution is 7.99. The van der Waals surface area contributed by atoms with Gasteiger partial charge in [-0.05, 0) is 25.7 Å². The predicted molar refractivity (Wildman–Crippen MR) is 76.8 cm³/mol. The summed E-state index contributed by atoms with van der Waals surface area (Å²) in [5.74, 6) is 1.35. The first-order chi connectivity index (χ1) is 9.88. The number of nitrogens with zero attached hydrogens (tertiary/aromatic N) is 5. The lowest BCUT2D eigenvalue weighted by atomic mass is 10.2. The van der Waals surface area contributed by atoms with Gasteiger partial charge >= 0.3 is 0 Å². The number of anilines is 1. The molecule has 0 N–H and O–H groups in total. The summed E-state index contributed by atoms with van der Waals surface area (Å²) in [5.41, 5.74) is 0. The fourth-order valence-corrected chi connectivity index (χ4v) is 3.39. The normalized spacial score (nSPS) is 22.4. The quantitative estimate of drug-likeness (QED) is 0.769. The van der Waals surface area contributed by atoms with Crippen LogP contribution >= 0.6 is 11.8 Å². The first kappa shape index (κ1) is 13.7. The van der Waals surface area contributed by atoms with Gasteiger partial charge < -0.3 is 9.64 Å². The van der Waals surface area contributed by atoms with Crippen LogP contribution in [-0.2, 0) is 11.3 Å². The minimum Gasteiger partial charge on any atom is -0.376 e. The maximum atomic E-state index is 8.76. The van der Waals surface area contributed by atoms with Crippen molar-refractivity contribution in [2.24, 2.45) is 0 Å². The fourth-order valence-electron chi connectivity index (χ4n) is 2.79. The van der Waals surface area contributed by atoms with Crippen LogP contribution in [-0.4, -0.2) is 46.3 Å². The van der Waals surface area contributed by atoms with Crippen LogP contribution in [0.25, 0.3) is 0 Å². The molecule has 0 amide bonds. The molecule has 3 rings (SSSR count). The molecule has 0 aromatic carbocycles. The molecule has 0 aliphatic carbocycles. The third-order valence-electron chi connectivity index (χ3n) is 3.76. The summed E-state index contributed by atoms with van der Waals surface area (Å²) in [7, 11) is 0. The van der Waals surface area contributed by atoms with Gasteiger partial charge in [-0.15, -0.1) is 10.2 Å². The number of rotatable bonds is 5. The Kier molecular flexibility index (Phi) is 4.43. The van der Waals surface area contributed by atoms with Crippen molar-refractivity contribution in [3.63, 3.8) is 0 Å². The highest BCUT2D eigenvalue weighted by Crippen LogP contribution is 2.26. The van der Waals surface area contributed by atoms with Crippen molar-refractivity contribution in [3.8, 4) is 6.07 Å². The number of nitriles is 1. The number of aromatic nitrogens is 3. The number of hydrogen-bond acceptors (Lipinski definition) is 6. The number of ether oxygens (including phenoxy) is 1. The average Bonchev–Trinajstić information content (AvgIpc) is 3.19. The smallest absolute Gasteiger partial charge is 0.228 e. The van der Waals surface area contributed by atoms with Crippen LogP contribution in [0.5, 0.6) is 0 Å². The molecule has 20 heavy (non-hydrogen) atoms. The number of thioether (sulfide) groups is 1. The standard InChI is InChI=1S/C13H19N5OS/c14-5-9-20-13-16-15-12(17-6-1-2-7-17)18(13)10-11-4-3-8-19-11/h11H,1-4,6-10H2. The van der Waals surface area contributed by atoms with Crippen molar-refractivity contribution in [1.82, 2.24) is 14.8 Å². The van der Waals surface area contributed by atoms with E-state index < -0.39 is 0 Å². The van der Waals surface area contributed by atoms with Crippen LogP contribution in [0.4, 0.5) is 5.95 Å². The van der Waals surface area contributed by atoms with Gasteiger partial charge in [-0.2, -0.15) is 5.26 Å². The Hall–Kier alpha value is -1.26. The number of hydrogen-bond donors (Lipinski definition) is 0. The molecule has 0 bridgehead atoms. The van der Waals surface area contributed by atoms with E-state index in [1.165, 1.54) is 24.6 Å². The summed E-state index contributed by atoms with van der Waals surface area (Å²) >= 11 is 1.46. The predicted octanol–water partition coefficient (Wildman–Crippen LogP) is 1.67. The van der Waals surface area contributed by atoms with Crippen LogP contribution in [0.15, 0.2) is 5.16 Å². The molecule has 1 aromatic heterocycles. The van der Waals surface area contributed by atoms with Crippen LogP contribution in [0.1, 0.15) is 25.7 Å². The van der Waals surface area contributed by atoms with Crippen LogP contribution in [0.2, 0.25) is 0 Å². The molecule has 2 saturated heterocycles. The van der Waals surface area contributed by atoms with Crippen molar-refractivity contribution >= 4 is 17.7 Å². The summed E-state index contributed by atoms with van der Waals surface area (Å²) in [6.07, 6.45) is 4.92. The first-order valence-corrected chi connectivity index (χ1v) is 8.16. The summed E-state index contributed by atoms with van der Waals surface area (Å²) in [6, 6.07) is 2.15. The van der Waals surface area contributed by atoms with Gasteiger partial charge in [-0.1, -0.05) is 11.8 Å². The minimum absolute atomic E-state index is 0.258. The van der Waals surface area contributed by atoms with E-state index in [-0.39, 0.29) is 6.10 Å². The van der Waals surface area contributed by atoms with E-state index in [2.05, 4.69) is 25.7 Å². The van der Waals surface area contributed by atoms with E-state index >= 15 is 0 Å². The van der Waals surface area contributed by atoms with E-state index in [1.54, 1.807) is 0 Å². The molecule has 7 heteroatoms. The Morgan fingerprint density at radius 1 is 1.30 bits per heavy atom. The molecular weight excluding hydrogens is 274 g/mol. The Morgan fingerprint density at radius 3 is 2.85 bits per heavy atom. The molecule has 1 unspecified atom stereocenters. The van der Waals surface area contributed by atoms with Crippen molar-refractivity contribution in [1.29, 1.82) is 5.26 Å². The van der Waals surface area contributed by atoms with Crippen molar-refractivity contribution in [3.05, 3.63) is 0 Å². The zero-order valence-electron chi connectivity index (χ0n) is 11.5. The largest absolute Gasteiger partial charge is 0.376 e. The SMILES string of the molecule is N#CCSc1nnc(N2CCCC2)n1CC1CCCO1. The summed E-state index contributed by atoms with van der Waals surface area (Å²) < 4.78 is 7.88. The third kappa shape index (κ3) is 2.91. The maximum absolute atomic E-state index is 8.76. The molecule has 3 heterocycles. The second-order valence-electron chi connectivity index (χ2n) is 5.17. The fraction of sp³-hybridized carbons (Fsp3) is 0.769. The van der Waals surface area contributed by atoms with Crippen molar-refractivity contribution in [2.45, 2.75) is 43.5 Å². The van der Waals surface area contributed by atoms with E-state index in [0.29, 0.717) is 5.75 Å². The van der Waals surface area contributed by atoms with E-state index in [9.17, 15) is 0 Å². The summed E-state index contributed by atoms with van der Waals surface area (Å²) in [5, 5.41) is 18.2. The highest BCUT2D eigenvalue weighted by Gasteiger charge is 2.25. The molecule has 108 valence electrons. The van der Waals surface area contributed by atoms with Crippen molar-refractivity contribution in [2.75, 3.05) is 30.3 Å². The molecule has 0 saturated carbocycles. The van der Waals surface area contributed by atoms with Crippen LogP contribution in [0, 0.1) is 11.3 Å². The van der Waals surface area contributed by atoms with Gasteiger partial charge in [0.05, 0.1) is 24.5 Å². The second kappa shape index (κ2) is 6.46. The second-order valence-corrected chi connectivity index (χ2v) is 6.11. The van der Waals surface area contributed by atoms with Gasteiger partial charge in [-0.25, -0.2) is 0 Å². The van der Waals surface area contributed by atoms with Gasteiger partial charge in [-0.3, -0.25) is 4.57 Å². The zero-order valence-corrected chi connectivity index (χ0v) is 12.3. The highest BCUT2D eigenvalue weighted by atomic mass is 32.2.